The van der Waals surface area contributed by atoms with Gasteiger partial charge in [0.05, 0.1) is 5.69 Å². The second-order valence-electron chi connectivity index (χ2n) is 4.47. The maximum Gasteiger partial charge on any atom is 0.142 e. The molecule has 0 amide bonds. The summed E-state index contributed by atoms with van der Waals surface area (Å²) < 4.78 is 5.63. The van der Waals surface area contributed by atoms with Crippen molar-refractivity contribution in [3.63, 3.8) is 0 Å². The maximum absolute atomic E-state index is 8.68. The smallest absolute Gasteiger partial charge is 0.142 e. The Hall–Kier alpha value is -1.26. The Kier molecular flexibility index (Phi) is 7.22. The lowest BCUT2D eigenvalue weighted by atomic mass is 10.2. The molecule has 0 heterocycles. The molecule has 0 aliphatic heterocycles. The number of aliphatic hydroxyl groups excluding tert-OH is 1. The largest absolute Gasteiger partial charge is 0.490 e. The molecule has 0 spiro atoms. The van der Waals surface area contributed by atoms with Crippen LogP contribution in [0, 0.1) is 0 Å². The summed E-state index contributed by atoms with van der Waals surface area (Å²) in [6, 6.07) is 7.55. The molecule has 4 heteroatoms. The summed E-state index contributed by atoms with van der Waals surface area (Å²) in [6.45, 7) is 2.85. The lowest BCUT2D eigenvalue weighted by molar-refractivity contribution is 0.231. The van der Waals surface area contributed by atoms with Gasteiger partial charge >= 0.3 is 0 Å². The summed E-state index contributed by atoms with van der Waals surface area (Å²) >= 11 is 0. The monoisotopic (exact) mass is 252 g/mol. The molecule has 1 aromatic carbocycles. The minimum atomic E-state index is 0.292. The average molecular weight is 252 g/mol. The van der Waals surface area contributed by atoms with Crippen LogP contribution >= 0.6 is 0 Å². The van der Waals surface area contributed by atoms with Gasteiger partial charge in [0, 0.05) is 13.2 Å². The quantitative estimate of drug-likeness (QED) is 0.519. The summed E-state index contributed by atoms with van der Waals surface area (Å²) in [5, 5.41) is 8.68. The zero-order chi connectivity index (χ0) is 13.2. The second kappa shape index (κ2) is 8.78. The van der Waals surface area contributed by atoms with E-state index in [1.54, 1.807) is 0 Å². The van der Waals surface area contributed by atoms with E-state index in [1.165, 1.54) is 0 Å². The molecule has 0 aliphatic rings. The number of nitrogens with two attached hydrogens (primary N) is 1. The van der Waals surface area contributed by atoms with E-state index in [2.05, 4.69) is 11.9 Å². The normalized spacial score (nSPS) is 10.8. The van der Waals surface area contributed by atoms with Gasteiger partial charge in [0.15, 0.2) is 0 Å². The van der Waals surface area contributed by atoms with Crippen LogP contribution < -0.4 is 10.5 Å². The van der Waals surface area contributed by atoms with Gasteiger partial charge in [-0.15, -0.1) is 0 Å². The van der Waals surface area contributed by atoms with E-state index >= 15 is 0 Å². The number of ether oxygens (including phenoxy) is 1. The molecule has 0 fully saturated rings. The Morgan fingerprint density at radius 1 is 1.17 bits per heavy atom. The number of para-hydroxylation sites is 2. The Morgan fingerprint density at radius 3 is 2.67 bits per heavy atom. The third-order valence-corrected chi connectivity index (χ3v) is 2.85. The second-order valence-corrected chi connectivity index (χ2v) is 4.47. The van der Waals surface area contributed by atoms with E-state index in [9.17, 15) is 0 Å². The van der Waals surface area contributed by atoms with Gasteiger partial charge in [-0.05, 0) is 45.0 Å². The molecular weight excluding hydrogens is 228 g/mol. The van der Waals surface area contributed by atoms with Crippen LogP contribution in [0.4, 0.5) is 5.69 Å². The Labute approximate surface area is 109 Å². The molecule has 3 N–H and O–H groups in total. The molecular formula is C14H24N2O2. The van der Waals surface area contributed by atoms with Crippen LogP contribution in [-0.2, 0) is 0 Å². The first-order valence-electron chi connectivity index (χ1n) is 6.50. The maximum atomic E-state index is 8.68. The van der Waals surface area contributed by atoms with Gasteiger partial charge in [0.2, 0.25) is 0 Å². The lowest BCUT2D eigenvalue weighted by Gasteiger charge is -2.17. The van der Waals surface area contributed by atoms with E-state index in [4.69, 9.17) is 15.6 Å². The third kappa shape index (κ3) is 5.89. The van der Waals surface area contributed by atoms with Crippen molar-refractivity contribution in [2.45, 2.75) is 19.3 Å². The summed E-state index contributed by atoms with van der Waals surface area (Å²) in [4.78, 5) is 2.23. The van der Waals surface area contributed by atoms with E-state index in [0.29, 0.717) is 18.9 Å². The Morgan fingerprint density at radius 2 is 1.94 bits per heavy atom. The van der Waals surface area contributed by atoms with Crippen molar-refractivity contribution in [2.24, 2.45) is 0 Å². The number of anilines is 1. The molecule has 0 radical (unpaired) electrons. The van der Waals surface area contributed by atoms with Crippen molar-refractivity contribution < 1.29 is 9.84 Å². The Balaban J connectivity index is 2.12. The standard InChI is InChI=1S/C14H24N2O2/c1-16(9-5-2-6-11-17)10-12-18-14-8-4-3-7-13(14)15/h3-4,7-8,17H,2,5-6,9-12,15H2,1H3. The fourth-order valence-corrected chi connectivity index (χ4v) is 1.71. The highest BCUT2D eigenvalue weighted by Crippen LogP contribution is 2.19. The molecule has 1 aromatic rings. The number of aliphatic hydroxyl groups is 1. The van der Waals surface area contributed by atoms with Crippen molar-refractivity contribution in [3.05, 3.63) is 24.3 Å². The molecule has 0 aliphatic carbocycles. The zero-order valence-corrected chi connectivity index (χ0v) is 11.1. The highest BCUT2D eigenvalue weighted by atomic mass is 16.5. The molecule has 18 heavy (non-hydrogen) atoms. The molecule has 4 nitrogen and oxygen atoms in total. The predicted octanol–water partition coefficient (Wildman–Crippen LogP) is 1.74. The van der Waals surface area contributed by atoms with E-state index in [-0.39, 0.29) is 0 Å². The van der Waals surface area contributed by atoms with Crippen LogP contribution in [0.15, 0.2) is 24.3 Å². The fraction of sp³-hybridized carbons (Fsp3) is 0.571. The van der Waals surface area contributed by atoms with Gasteiger partial charge < -0.3 is 20.5 Å². The molecule has 0 saturated heterocycles. The number of nitrogens with zero attached hydrogens (tertiary/aromatic N) is 1. The molecule has 1 rings (SSSR count). The summed E-state index contributed by atoms with van der Waals surface area (Å²) in [7, 11) is 2.08. The third-order valence-electron chi connectivity index (χ3n) is 2.85. The van der Waals surface area contributed by atoms with Crippen molar-refractivity contribution in [1.29, 1.82) is 0 Å². The average Bonchev–Trinajstić information content (AvgIpc) is 2.37. The topological polar surface area (TPSA) is 58.7 Å². The summed E-state index contributed by atoms with van der Waals surface area (Å²) in [6.07, 6.45) is 3.09. The van der Waals surface area contributed by atoms with Crippen molar-refractivity contribution in [3.8, 4) is 5.75 Å². The molecule has 0 aromatic heterocycles. The Bertz CT molecular complexity index is 331. The highest BCUT2D eigenvalue weighted by molar-refractivity contribution is 5.51. The highest BCUT2D eigenvalue weighted by Gasteiger charge is 2.01. The predicted molar refractivity (Wildman–Crippen MR) is 74.8 cm³/mol. The van der Waals surface area contributed by atoms with Crippen LogP contribution in [0.5, 0.6) is 5.75 Å². The number of benzene rings is 1. The number of nitrogen functional groups attached to an aromatic ring is 1. The molecule has 0 atom stereocenters. The van der Waals surface area contributed by atoms with E-state index in [1.807, 2.05) is 24.3 Å². The SMILES string of the molecule is CN(CCCCCO)CCOc1ccccc1N. The van der Waals surface area contributed by atoms with E-state index < -0.39 is 0 Å². The first kappa shape index (κ1) is 14.8. The van der Waals surface area contributed by atoms with Crippen LogP contribution in [-0.4, -0.2) is 43.4 Å². The van der Waals surface area contributed by atoms with Crippen LogP contribution in [0.25, 0.3) is 0 Å². The minimum Gasteiger partial charge on any atom is -0.490 e. The molecule has 0 unspecified atom stereocenters. The van der Waals surface area contributed by atoms with Gasteiger partial charge in [-0.25, -0.2) is 0 Å². The van der Waals surface area contributed by atoms with Crippen LogP contribution in [0.3, 0.4) is 0 Å². The van der Waals surface area contributed by atoms with Crippen molar-refractivity contribution in [2.75, 3.05) is 39.1 Å². The van der Waals surface area contributed by atoms with Gasteiger partial charge in [0.1, 0.15) is 12.4 Å². The van der Waals surface area contributed by atoms with Gasteiger partial charge in [-0.1, -0.05) is 12.1 Å². The first-order valence-corrected chi connectivity index (χ1v) is 6.50. The van der Waals surface area contributed by atoms with Gasteiger partial charge in [0.25, 0.3) is 0 Å². The molecule has 102 valence electrons. The fourth-order valence-electron chi connectivity index (χ4n) is 1.71. The van der Waals surface area contributed by atoms with E-state index in [0.717, 1.165) is 38.1 Å². The van der Waals surface area contributed by atoms with Crippen LogP contribution in [0.1, 0.15) is 19.3 Å². The summed E-state index contributed by atoms with van der Waals surface area (Å²) in [5.41, 5.74) is 6.47. The van der Waals surface area contributed by atoms with Crippen LogP contribution in [0.2, 0.25) is 0 Å². The molecule has 0 saturated carbocycles. The summed E-state index contributed by atoms with van der Waals surface area (Å²) in [5.74, 6) is 0.756. The van der Waals surface area contributed by atoms with Crippen molar-refractivity contribution >= 4 is 5.69 Å². The number of hydrogen-bond donors (Lipinski definition) is 2. The number of rotatable bonds is 9. The van der Waals surface area contributed by atoms with Crippen molar-refractivity contribution in [1.82, 2.24) is 4.90 Å². The zero-order valence-electron chi connectivity index (χ0n) is 11.1. The first-order chi connectivity index (χ1) is 8.74. The number of hydrogen-bond acceptors (Lipinski definition) is 4. The van der Waals surface area contributed by atoms with Gasteiger partial charge in [-0.3, -0.25) is 0 Å². The molecule has 0 bridgehead atoms. The minimum absolute atomic E-state index is 0.292. The van der Waals surface area contributed by atoms with Gasteiger partial charge in [-0.2, -0.15) is 0 Å². The number of unbranched alkanes of at least 4 members (excludes halogenated alkanes) is 2. The lowest BCUT2D eigenvalue weighted by Crippen LogP contribution is -2.25. The number of likely N-dealkylation sites (N-methyl/N-ethyl adjacent to an activating group) is 1.